The van der Waals surface area contributed by atoms with Crippen molar-refractivity contribution in [3.8, 4) is 0 Å². The molecule has 0 aromatic rings. The van der Waals surface area contributed by atoms with Crippen molar-refractivity contribution in [2.75, 3.05) is 0 Å². The summed E-state index contributed by atoms with van der Waals surface area (Å²) in [6.07, 6.45) is 20.1. The number of esters is 1. The highest BCUT2D eigenvalue weighted by Gasteiger charge is 2.22. The first-order chi connectivity index (χ1) is 14.9. The van der Waals surface area contributed by atoms with Crippen LogP contribution in [0.25, 0.3) is 0 Å². The van der Waals surface area contributed by atoms with E-state index < -0.39 is 0 Å². The molecule has 1 rings (SSSR count). The Labute approximate surface area is 191 Å². The van der Waals surface area contributed by atoms with E-state index in [1.165, 1.54) is 32.1 Å². The van der Waals surface area contributed by atoms with E-state index in [1.54, 1.807) is 0 Å². The Morgan fingerprint density at radius 3 is 2.29 bits per heavy atom. The molecule has 0 saturated heterocycles. The lowest BCUT2D eigenvalue weighted by atomic mass is 9.98. The van der Waals surface area contributed by atoms with Crippen LogP contribution in [0.4, 0.5) is 0 Å². The van der Waals surface area contributed by atoms with Crippen LogP contribution in [-0.2, 0) is 19.1 Å². The van der Waals surface area contributed by atoms with E-state index >= 15 is 0 Å². The van der Waals surface area contributed by atoms with Crippen LogP contribution >= 0.6 is 0 Å². The molecule has 1 fully saturated rings. The van der Waals surface area contributed by atoms with Crippen LogP contribution in [0.5, 0.6) is 0 Å². The SMILES string of the molecule is C/C=C\CCCCCC(=O)OC(C)C.CCCCCCCC(=O)CCC1CCC(=O)C1. The molecule has 0 amide bonds. The maximum Gasteiger partial charge on any atom is 0.306 e. The fourth-order valence-corrected chi connectivity index (χ4v) is 3.75. The summed E-state index contributed by atoms with van der Waals surface area (Å²) >= 11 is 0. The van der Waals surface area contributed by atoms with E-state index in [9.17, 15) is 14.4 Å². The number of hydrogen-bond acceptors (Lipinski definition) is 4. The first-order valence-corrected chi connectivity index (χ1v) is 12.7. The average molecular weight is 437 g/mol. The van der Waals surface area contributed by atoms with Crippen LogP contribution in [0.1, 0.15) is 130 Å². The van der Waals surface area contributed by atoms with Gasteiger partial charge in [-0.05, 0) is 65.2 Å². The monoisotopic (exact) mass is 436 g/mol. The van der Waals surface area contributed by atoms with Gasteiger partial charge in [0.1, 0.15) is 11.6 Å². The molecule has 4 nitrogen and oxygen atoms in total. The lowest BCUT2D eigenvalue weighted by Crippen LogP contribution is -2.10. The van der Waals surface area contributed by atoms with Gasteiger partial charge in [0.25, 0.3) is 0 Å². The summed E-state index contributed by atoms with van der Waals surface area (Å²) in [5.41, 5.74) is 0. The van der Waals surface area contributed by atoms with Crippen molar-refractivity contribution in [3.63, 3.8) is 0 Å². The van der Waals surface area contributed by atoms with Gasteiger partial charge < -0.3 is 4.74 Å². The first-order valence-electron chi connectivity index (χ1n) is 12.7. The number of hydrogen-bond donors (Lipinski definition) is 0. The van der Waals surface area contributed by atoms with Gasteiger partial charge >= 0.3 is 5.97 Å². The van der Waals surface area contributed by atoms with Crippen molar-refractivity contribution in [1.82, 2.24) is 0 Å². The number of ketones is 2. The second-order valence-corrected chi connectivity index (χ2v) is 9.10. The summed E-state index contributed by atoms with van der Waals surface area (Å²) in [5.74, 6) is 1.24. The van der Waals surface area contributed by atoms with Gasteiger partial charge in [-0.3, -0.25) is 14.4 Å². The van der Waals surface area contributed by atoms with Crippen molar-refractivity contribution < 1.29 is 19.1 Å². The molecule has 1 aliphatic carbocycles. The topological polar surface area (TPSA) is 60.4 Å². The third kappa shape index (κ3) is 20.2. The quantitative estimate of drug-likeness (QED) is 0.142. The molecule has 180 valence electrons. The first kappa shape index (κ1) is 29.5. The van der Waals surface area contributed by atoms with Crippen molar-refractivity contribution in [2.45, 2.75) is 137 Å². The van der Waals surface area contributed by atoms with Crippen molar-refractivity contribution in [3.05, 3.63) is 12.2 Å². The number of unbranched alkanes of at least 4 members (excludes halogenated alkanes) is 7. The predicted octanol–water partition coefficient (Wildman–Crippen LogP) is 7.53. The summed E-state index contributed by atoms with van der Waals surface area (Å²) in [6, 6.07) is 0. The molecule has 0 bridgehead atoms. The number of carbonyl (C=O) groups excluding carboxylic acids is 3. The molecule has 1 unspecified atom stereocenters. The summed E-state index contributed by atoms with van der Waals surface area (Å²) in [5, 5.41) is 0. The molecular weight excluding hydrogens is 388 g/mol. The van der Waals surface area contributed by atoms with Gasteiger partial charge in [0, 0.05) is 32.1 Å². The zero-order chi connectivity index (χ0) is 23.3. The molecule has 4 heteroatoms. The molecule has 1 atom stereocenters. The van der Waals surface area contributed by atoms with Gasteiger partial charge in [-0.1, -0.05) is 51.2 Å². The summed E-state index contributed by atoms with van der Waals surface area (Å²) in [6.45, 7) is 7.99. The van der Waals surface area contributed by atoms with Gasteiger partial charge in [0.2, 0.25) is 0 Å². The molecule has 0 heterocycles. The zero-order valence-electron chi connectivity index (χ0n) is 20.8. The normalized spacial score (nSPS) is 15.9. The maximum atomic E-state index is 11.6. The van der Waals surface area contributed by atoms with E-state index in [-0.39, 0.29) is 12.1 Å². The second-order valence-electron chi connectivity index (χ2n) is 9.10. The summed E-state index contributed by atoms with van der Waals surface area (Å²) in [7, 11) is 0. The highest BCUT2D eigenvalue weighted by atomic mass is 16.5. The highest BCUT2D eigenvalue weighted by molar-refractivity contribution is 5.81. The largest absolute Gasteiger partial charge is 0.463 e. The van der Waals surface area contributed by atoms with Crippen molar-refractivity contribution in [2.24, 2.45) is 5.92 Å². The number of allylic oxidation sites excluding steroid dienone is 2. The molecule has 0 aliphatic heterocycles. The van der Waals surface area contributed by atoms with Crippen LogP contribution in [0.3, 0.4) is 0 Å². The highest BCUT2D eigenvalue weighted by Crippen LogP contribution is 2.26. The van der Waals surface area contributed by atoms with Crippen LogP contribution in [0, 0.1) is 5.92 Å². The molecule has 0 aromatic heterocycles. The Balaban J connectivity index is 0.000000594. The number of carbonyl (C=O) groups is 3. The average Bonchev–Trinajstić information content (AvgIpc) is 3.14. The molecule has 0 radical (unpaired) electrons. The second kappa shape index (κ2) is 20.5. The summed E-state index contributed by atoms with van der Waals surface area (Å²) in [4.78, 5) is 33.8. The van der Waals surface area contributed by atoms with Gasteiger partial charge in [-0.15, -0.1) is 0 Å². The molecule has 0 N–H and O–H groups in total. The van der Waals surface area contributed by atoms with E-state index in [2.05, 4.69) is 19.1 Å². The lowest BCUT2D eigenvalue weighted by molar-refractivity contribution is -0.147. The number of Topliss-reactive ketones (excluding diaryl/α,β-unsaturated/α-hetero) is 2. The van der Waals surface area contributed by atoms with Gasteiger partial charge in [0.05, 0.1) is 6.10 Å². The van der Waals surface area contributed by atoms with Crippen LogP contribution in [0.15, 0.2) is 12.2 Å². The minimum atomic E-state index is -0.0639. The Morgan fingerprint density at radius 1 is 1.00 bits per heavy atom. The van der Waals surface area contributed by atoms with E-state index in [0.29, 0.717) is 30.3 Å². The molecule has 31 heavy (non-hydrogen) atoms. The Kier molecular flexibility index (Phi) is 19.5. The molecular formula is C27H48O4. The van der Waals surface area contributed by atoms with Crippen molar-refractivity contribution in [1.29, 1.82) is 0 Å². The van der Waals surface area contributed by atoms with Crippen molar-refractivity contribution >= 4 is 17.5 Å². The van der Waals surface area contributed by atoms with Crippen LogP contribution in [-0.4, -0.2) is 23.6 Å². The molecule has 0 aromatic carbocycles. The van der Waals surface area contributed by atoms with Crippen LogP contribution in [0.2, 0.25) is 0 Å². The minimum absolute atomic E-state index is 0.0190. The zero-order valence-corrected chi connectivity index (χ0v) is 20.8. The Hall–Kier alpha value is -1.45. The smallest absolute Gasteiger partial charge is 0.306 e. The lowest BCUT2D eigenvalue weighted by Gasteiger charge is -2.06. The van der Waals surface area contributed by atoms with E-state index in [1.807, 2.05) is 20.8 Å². The third-order valence-electron chi connectivity index (χ3n) is 5.59. The summed E-state index contributed by atoms with van der Waals surface area (Å²) < 4.78 is 5.02. The molecule has 1 aliphatic rings. The minimum Gasteiger partial charge on any atom is -0.463 e. The fraction of sp³-hybridized carbons (Fsp3) is 0.815. The van der Waals surface area contributed by atoms with Gasteiger partial charge in [0.15, 0.2) is 0 Å². The molecule has 1 saturated carbocycles. The third-order valence-corrected chi connectivity index (χ3v) is 5.59. The fourth-order valence-electron chi connectivity index (χ4n) is 3.75. The maximum absolute atomic E-state index is 11.6. The standard InChI is InChI=1S/C15H26O2.C12H22O2/c1-2-3-4-5-6-7-14(16)10-8-13-9-11-15(17)12-13;1-4-5-6-7-8-9-10-12(13)14-11(2)3/h13H,2-12H2,1H3;4-5,11H,6-10H2,1-3H3/b;5-4-. The number of rotatable bonds is 16. The van der Waals surface area contributed by atoms with Gasteiger partial charge in [-0.25, -0.2) is 0 Å². The van der Waals surface area contributed by atoms with Crippen LogP contribution < -0.4 is 0 Å². The van der Waals surface area contributed by atoms with E-state index in [4.69, 9.17) is 4.74 Å². The molecule has 0 spiro atoms. The van der Waals surface area contributed by atoms with E-state index in [0.717, 1.165) is 57.8 Å². The van der Waals surface area contributed by atoms with Gasteiger partial charge in [-0.2, -0.15) is 0 Å². The predicted molar refractivity (Wildman–Crippen MR) is 129 cm³/mol. The Morgan fingerprint density at radius 2 is 1.68 bits per heavy atom. The Bertz CT molecular complexity index is 507. The number of ether oxygens (including phenoxy) is 1.